The van der Waals surface area contributed by atoms with Crippen LogP contribution in [0.3, 0.4) is 0 Å². The standard InChI is InChI=1S/C19H20ClN3O4/c1-26-16-9-15(17(27-2)8-14(16)20)23-11-13(7-18(23)24)19(25)22-10-12-3-5-21-6-4-12/h3-6,8-9,13H,7,10-11H2,1-2H3,(H,22,25). The quantitative estimate of drug-likeness (QED) is 0.820. The van der Waals surface area contributed by atoms with Crippen molar-refractivity contribution in [2.24, 2.45) is 5.92 Å². The third kappa shape index (κ3) is 4.14. The number of methoxy groups -OCH3 is 2. The van der Waals surface area contributed by atoms with Crippen LogP contribution in [-0.2, 0) is 16.1 Å². The summed E-state index contributed by atoms with van der Waals surface area (Å²) < 4.78 is 10.6. The largest absolute Gasteiger partial charge is 0.495 e. The van der Waals surface area contributed by atoms with Crippen molar-refractivity contribution < 1.29 is 19.1 Å². The Kier molecular flexibility index (Phi) is 5.81. The average Bonchev–Trinajstić information content (AvgIpc) is 3.08. The predicted octanol–water partition coefficient (Wildman–Crippen LogP) is 2.42. The molecule has 1 aliphatic heterocycles. The lowest BCUT2D eigenvalue weighted by Crippen LogP contribution is -2.32. The second-order valence-electron chi connectivity index (χ2n) is 6.14. The number of anilines is 1. The summed E-state index contributed by atoms with van der Waals surface area (Å²) in [5.41, 5.74) is 1.48. The first-order valence-electron chi connectivity index (χ1n) is 8.42. The SMILES string of the molecule is COc1cc(N2CC(C(=O)NCc3ccncc3)CC2=O)c(OC)cc1Cl. The number of nitrogens with zero attached hydrogens (tertiary/aromatic N) is 2. The van der Waals surface area contributed by atoms with E-state index in [0.29, 0.717) is 28.8 Å². The summed E-state index contributed by atoms with van der Waals surface area (Å²) in [4.78, 5) is 30.5. The molecule has 0 aliphatic carbocycles. The van der Waals surface area contributed by atoms with Gasteiger partial charge >= 0.3 is 0 Å². The van der Waals surface area contributed by atoms with E-state index in [0.717, 1.165) is 5.56 Å². The molecule has 0 spiro atoms. The summed E-state index contributed by atoms with van der Waals surface area (Å²) in [5, 5.41) is 3.26. The first-order chi connectivity index (χ1) is 13.0. The van der Waals surface area contributed by atoms with Gasteiger partial charge in [0.25, 0.3) is 0 Å². The summed E-state index contributed by atoms with van der Waals surface area (Å²) >= 11 is 6.12. The lowest BCUT2D eigenvalue weighted by Gasteiger charge is -2.21. The van der Waals surface area contributed by atoms with E-state index in [1.165, 1.54) is 19.1 Å². The number of hydrogen-bond acceptors (Lipinski definition) is 5. The highest BCUT2D eigenvalue weighted by Gasteiger charge is 2.36. The molecule has 0 radical (unpaired) electrons. The fraction of sp³-hybridized carbons (Fsp3) is 0.316. The van der Waals surface area contributed by atoms with Crippen LogP contribution in [0.25, 0.3) is 0 Å². The summed E-state index contributed by atoms with van der Waals surface area (Å²) in [5.74, 6) is 0.132. The van der Waals surface area contributed by atoms with Crippen LogP contribution < -0.4 is 19.7 Å². The fourth-order valence-electron chi connectivity index (χ4n) is 3.01. The number of carbonyl (C=O) groups excluding carboxylic acids is 2. The summed E-state index contributed by atoms with van der Waals surface area (Å²) in [6, 6.07) is 6.91. The van der Waals surface area contributed by atoms with Gasteiger partial charge in [0.05, 0.1) is 30.8 Å². The second kappa shape index (κ2) is 8.26. The molecule has 1 atom stereocenters. The molecule has 0 bridgehead atoms. The Labute approximate surface area is 162 Å². The maximum absolute atomic E-state index is 12.5. The number of nitrogens with one attached hydrogen (secondary N) is 1. The Bertz CT molecular complexity index is 844. The Morgan fingerprint density at radius 3 is 2.63 bits per heavy atom. The van der Waals surface area contributed by atoms with Crippen LogP contribution in [0.4, 0.5) is 5.69 Å². The van der Waals surface area contributed by atoms with Crippen molar-refractivity contribution in [1.82, 2.24) is 10.3 Å². The van der Waals surface area contributed by atoms with Crippen molar-refractivity contribution in [3.05, 3.63) is 47.2 Å². The van der Waals surface area contributed by atoms with Crippen LogP contribution in [0.2, 0.25) is 5.02 Å². The van der Waals surface area contributed by atoms with Crippen molar-refractivity contribution in [1.29, 1.82) is 0 Å². The van der Waals surface area contributed by atoms with Crippen molar-refractivity contribution in [2.75, 3.05) is 25.7 Å². The number of benzene rings is 1. The summed E-state index contributed by atoms with van der Waals surface area (Å²) in [6.45, 7) is 0.659. The van der Waals surface area contributed by atoms with Gasteiger partial charge in [0.1, 0.15) is 11.5 Å². The monoisotopic (exact) mass is 389 g/mol. The maximum Gasteiger partial charge on any atom is 0.227 e. The van der Waals surface area contributed by atoms with Gasteiger partial charge < -0.3 is 19.7 Å². The number of ether oxygens (including phenoxy) is 2. The highest BCUT2D eigenvalue weighted by molar-refractivity contribution is 6.32. The highest BCUT2D eigenvalue weighted by Crippen LogP contribution is 2.40. The minimum atomic E-state index is -0.439. The molecule has 2 heterocycles. The molecular weight excluding hydrogens is 370 g/mol. The number of rotatable bonds is 6. The zero-order valence-corrected chi connectivity index (χ0v) is 15.8. The van der Waals surface area contributed by atoms with E-state index in [4.69, 9.17) is 21.1 Å². The fourth-order valence-corrected chi connectivity index (χ4v) is 3.24. The lowest BCUT2D eigenvalue weighted by atomic mass is 10.1. The van der Waals surface area contributed by atoms with E-state index >= 15 is 0 Å². The van der Waals surface area contributed by atoms with E-state index in [2.05, 4.69) is 10.3 Å². The Morgan fingerprint density at radius 2 is 1.96 bits per heavy atom. The molecule has 8 heteroatoms. The summed E-state index contributed by atoms with van der Waals surface area (Å²) in [7, 11) is 3.00. The minimum Gasteiger partial charge on any atom is -0.495 e. The molecule has 3 rings (SSSR count). The van der Waals surface area contributed by atoms with Crippen LogP contribution in [0.5, 0.6) is 11.5 Å². The van der Waals surface area contributed by atoms with Crippen molar-refractivity contribution >= 4 is 29.1 Å². The number of amides is 2. The Hall–Kier alpha value is -2.80. The van der Waals surface area contributed by atoms with E-state index in [-0.39, 0.29) is 24.8 Å². The zero-order valence-electron chi connectivity index (χ0n) is 15.1. The number of hydrogen-bond donors (Lipinski definition) is 1. The molecule has 7 nitrogen and oxygen atoms in total. The third-order valence-corrected chi connectivity index (χ3v) is 4.75. The van der Waals surface area contributed by atoms with Crippen molar-refractivity contribution in [3.63, 3.8) is 0 Å². The number of halogens is 1. The van der Waals surface area contributed by atoms with Crippen LogP contribution >= 0.6 is 11.6 Å². The van der Waals surface area contributed by atoms with E-state index in [1.807, 2.05) is 12.1 Å². The second-order valence-corrected chi connectivity index (χ2v) is 6.54. The third-order valence-electron chi connectivity index (χ3n) is 4.46. The van der Waals surface area contributed by atoms with Crippen LogP contribution in [0, 0.1) is 5.92 Å². The average molecular weight is 390 g/mol. The van der Waals surface area contributed by atoms with Gasteiger partial charge in [-0.1, -0.05) is 11.6 Å². The Morgan fingerprint density at radius 1 is 1.26 bits per heavy atom. The topological polar surface area (TPSA) is 80.8 Å². The van der Waals surface area contributed by atoms with Gasteiger partial charge in [0, 0.05) is 44.0 Å². The van der Waals surface area contributed by atoms with Gasteiger partial charge in [-0.05, 0) is 17.7 Å². The van der Waals surface area contributed by atoms with Gasteiger partial charge in [0.15, 0.2) is 0 Å². The van der Waals surface area contributed by atoms with Crippen molar-refractivity contribution in [3.8, 4) is 11.5 Å². The molecule has 1 N–H and O–H groups in total. The number of aromatic nitrogens is 1. The molecule has 1 aromatic heterocycles. The van der Waals surface area contributed by atoms with E-state index in [9.17, 15) is 9.59 Å². The van der Waals surface area contributed by atoms with E-state index < -0.39 is 5.92 Å². The molecule has 27 heavy (non-hydrogen) atoms. The van der Waals surface area contributed by atoms with Gasteiger partial charge in [-0.3, -0.25) is 14.6 Å². The van der Waals surface area contributed by atoms with Crippen LogP contribution in [-0.4, -0.2) is 37.6 Å². The zero-order chi connectivity index (χ0) is 19.4. The molecule has 1 unspecified atom stereocenters. The van der Waals surface area contributed by atoms with Crippen LogP contribution in [0.15, 0.2) is 36.7 Å². The first kappa shape index (κ1) is 19.0. The molecule has 0 saturated carbocycles. The smallest absolute Gasteiger partial charge is 0.227 e. The minimum absolute atomic E-state index is 0.135. The van der Waals surface area contributed by atoms with Gasteiger partial charge in [-0.15, -0.1) is 0 Å². The first-order valence-corrected chi connectivity index (χ1v) is 8.79. The molecule has 1 aromatic carbocycles. The molecule has 2 aromatic rings. The maximum atomic E-state index is 12.5. The molecule has 1 fully saturated rings. The van der Waals surface area contributed by atoms with Gasteiger partial charge in [-0.25, -0.2) is 0 Å². The van der Waals surface area contributed by atoms with Gasteiger partial charge in [0.2, 0.25) is 11.8 Å². The predicted molar refractivity (Wildman–Crippen MR) is 101 cm³/mol. The number of carbonyl (C=O) groups is 2. The Balaban J connectivity index is 1.73. The molecular formula is C19H20ClN3O4. The van der Waals surface area contributed by atoms with Gasteiger partial charge in [-0.2, -0.15) is 0 Å². The normalized spacial score (nSPS) is 16.3. The van der Waals surface area contributed by atoms with Crippen LogP contribution in [0.1, 0.15) is 12.0 Å². The van der Waals surface area contributed by atoms with Crippen molar-refractivity contribution in [2.45, 2.75) is 13.0 Å². The lowest BCUT2D eigenvalue weighted by molar-refractivity contribution is -0.126. The molecule has 142 valence electrons. The highest BCUT2D eigenvalue weighted by atomic mass is 35.5. The number of pyridine rings is 1. The summed E-state index contributed by atoms with van der Waals surface area (Å²) in [6.07, 6.45) is 3.47. The molecule has 2 amide bonds. The van der Waals surface area contributed by atoms with E-state index in [1.54, 1.807) is 24.5 Å². The molecule has 1 aliphatic rings. The molecule has 1 saturated heterocycles.